The second-order valence-electron chi connectivity index (χ2n) is 3.33. The van der Waals surface area contributed by atoms with Crippen molar-refractivity contribution in [3.05, 3.63) is 40.4 Å². The lowest BCUT2D eigenvalue weighted by atomic mass is 10.5. The van der Waals surface area contributed by atoms with Crippen molar-refractivity contribution in [3.8, 4) is 0 Å². The number of hydrogen-bond acceptors (Lipinski definition) is 4. The third-order valence-electron chi connectivity index (χ3n) is 1.94. The number of hydrogen-bond donors (Lipinski definition) is 1. The lowest BCUT2D eigenvalue weighted by molar-refractivity contribution is 0.603. The van der Waals surface area contributed by atoms with Gasteiger partial charge in [0.15, 0.2) is 0 Å². The zero-order valence-corrected chi connectivity index (χ0v) is 11.2. The van der Waals surface area contributed by atoms with Crippen LogP contribution >= 0.6 is 22.9 Å². The highest BCUT2D eigenvalue weighted by atomic mass is 35.5. The number of sulfonamides is 1. The Morgan fingerprint density at radius 1 is 1.35 bits per heavy atom. The maximum atomic E-state index is 11.9. The van der Waals surface area contributed by atoms with Crippen LogP contribution in [-0.4, -0.2) is 13.4 Å². The van der Waals surface area contributed by atoms with Crippen molar-refractivity contribution >= 4 is 38.8 Å². The predicted octanol–water partition coefficient (Wildman–Crippen LogP) is 2.91. The van der Waals surface area contributed by atoms with Gasteiger partial charge in [0.25, 0.3) is 10.0 Å². The molecule has 2 heterocycles. The Bertz CT molecular complexity index is 637. The minimum absolute atomic E-state index is 0.212. The number of anilines is 1. The van der Waals surface area contributed by atoms with Gasteiger partial charge in [-0.1, -0.05) is 11.6 Å². The van der Waals surface area contributed by atoms with E-state index in [1.807, 2.05) is 6.92 Å². The summed E-state index contributed by atoms with van der Waals surface area (Å²) in [6.45, 7) is 1.85. The van der Waals surface area contributed by atoms with Crippen molar-refractivity contribution in [2.45, 2.75) is 11.1 Å². The largest absolute Gasteiger partial charge is 0.272 e. The first-order chi connectivity index (χ1) is 7.97. The third-order valence-corrected chi connectivity index (χ3v) is 5.02. The smallest absolute Gasteiger partial charge is 0.263 e. The van der Waals surface area contributed by atoms with Crippen molar-refractivity contribution in [2.24, 2.45) is 0 Å². The maximum absolute atomic E-state index is 11.9. The molecule has 17 heavy (non-hydrogen) atoms. The molecule has 4 nitrogen and oxygen atoms in total. The van der Waals surface area contributed by atoms with Crippen LogP contribution in [0.4, 0.5) is 5.82 Å². The molecule has 0 saturated heterocycles. The van der Waals surface area contributed by atoms with E-state index < -0.39 is 10.0 Å². The van der Waals surface area contributed by atoms with Crippen LogP contribution < -0.4 is 4.72 Å². The second-order valence-corrected chi connectivity index (χ2v) is 6.96. The Morgan fingerprint density at radius 2 is 2.12 bits per heavy atom. The molecule has 0 radical (unpaired) electrons. The normalized spacial score (nSPS) is 11.4. The van der Waals surface area contributed by atoms with Crippen LogP contribution in [0.1, 0.15) is 4.88 Å². The molecule has 0 fully saturated rings. The zero-order chi connectivity index (χ0) is 12.5. The number of nitrogens with one attached hydrogen (secondary N) is 1. The zero-order valence-electron chi connectivity index (χ0n) is 8.84. The molecule has 0 saturated carbocycles. The molecule has 2 rings (SSSR count). The minimum Gasteiger partial charge on any atom is -0.263 e. The highest BCUT2D eigenvalue weighted by molar-refractivity contribution is 7.94. The Hall–Kier alpha value is -1.11. The third kappa shape index (κ3) is 2.96. The first-order valence-electron chi connectivity index (χ1n) is 4.68. The first-order valence-corrected chi connectivity index (χ1v) is 7.36. The van der Waals surface area contributed by atoms with Crippen LogP contribution in [0, 0.1) is 6.92 Å². The fourth-order valence-electron chi connectivity index (χ4n) is 1.21. The van der Waals surface area contributed by atoms with E-state index in [4.69, 9.17) is 11.6 Å². The van der Waals surface area contributed by atoms with Crippen molar-refractivity contribution in [1.29, 1.82) is 0 Å². The van der Waals surface area contributed by atoms with Gasteiger partial charge in [-0.25, -0.2) is 13.4 Å². The molecule has 0 spiro atoms. The summed E-state index contributed by atoms with van der Waals surface area (Å²) < 4.78 is 26.5. The van der Waals surface area contributed by atoms with Gasteiger partial charge in [-0.3, -0.25) is 4.72 Å². The predicted molar refractivity (Wildman–Crippen MR) is 69.1 cm³/mol. The van der Waals surface area contributed by atoms with E-state index in [0.717, 1.165) is 4.88 Å². The Morgan fingerprint density at radius 3 is 2.71 bits per heavy atom. The van der Waals surface area contributed by atoms with Crippen LogP contribution in [-0.2, 0) is 10.0 Å². The molecule has 2 aromatic rings. The maximum Gasteiger partial charge on any atom is 0.272 e. The van der Waals surface area contributed by atoms with Gasteiger partial charge in [-0.05, 0) is 25.1 Å². The molecule has 0 aliphatic heterocycles. The van der Waals surface area contributed by atoms with Crippen LogP contribution in [0.3, 0.4) is 0 Å². The summed E-state index contributed by atoms with van der Waals surface area (Å²) in [5, 5.41) is 0.431. The monoisotopic (exact) mass is 288 g/mol. The average molecular weight is 289 g/mol. The van der Waals surface area contributed by atoms with E-state index in [9.17, 15) is 8.42 Å². The van der Waals surface area contributed by atoms with Gasteiger partial charge in [0, 0.05) is 22.2 Å². The molecule has 0 amide bonds. The van der Waals surface area contributed by atoms with Gasteiger partial charge < -0.3 is 0 Å². The standard InChI is InChI=1S/C10H9ClN2O2S2/c1-7-2-3-10(16-7)17(14,15)13-9-6-8(11)4-5-12-9/h2-6H,1H3,(H,12,13). The molecule has 0 aliphatic rings. The van der Waals surface area contributed by atoms with E-state index in [-0.39, 0.29) is 10.0 Å². The van der Waals surface area contributed by atoms with Crippen LogP contribution in [0.25, 0.3) is 0 Å². The second kappa shape index (κ2) is 4.64. The van der Waals surface area contributed by atoms with Crippen molar-refractivity contribution in [1.82, 2.24) is 4.98 Å². The Kier molecular flexibility index (Phi) is 3.37. The molecule has 2 aromatic heterocycles. The molecule has 90 valence electrons. The molecule has 7 heteroatoms. The first kappa shape index (κ1) is 12.3. The molecular formula is C10H9ClN2O2S2. The lowest BCUT2D eigenvalue weighted by Gasteiger charge is -2.04. The number of aromatic nitrogens is 1. The van der Waals surface area contributed by atoms with E-state index in [1.54, 1.807) is 18.2 Å². The minimum atomic E-state index is -3.56. The molecule has 0 aliphatic carbocycles. The van der Waals surface area contributed by atoms with Gasteiger partial charge >= 0.3 is 0 Å². The summed E-state index contributed by atoms with van der Waals surface area (Å²) in [7, 11) is -3.56. The van der Waals surface area contributed by atoms with Crippen LogP contribution in [0.15, 0.2) is 34.7 Å². The van der Waals surface area contributed by atoms with Gasteiger partial charge in [0.1, 0.15) is 10.0 Å². The van der Waals surface area contributed by atoms with Crippen molar-refractivity contribution in [2.75, 3.05) is 4.72 Å². The number of halogens is 1. The molecule has 0 aromatic carbocycles. The number of rotatable bonds is 3. The number of pyridine rings is 1. The van der Waals surface area contributed by atoms with Gasteiger partial charge in [-0.15, -0.1) is 11.3 Å². The van der Waals surface area contributed by atoms with E-state index in [0.29, 0.717) is 5.02 Å². The highest BCUT2D eigenvalue weighted by Crippen LogP contribution is 2.23. The van der Waals surface area contributed by atoms with E-state index >= 15 is 0 Å². The molecule has 0 bridgehead atoms. The summed E-state index contributed by atoms with van der Waals surface area (Å²) in [5.41, 5.74) is 0. The van der Waals surface area contributed by atoms with Crippen molar-refractivity contribution < 1.29 is 8.42 Å². The highest BCUT2D eigenvalue weighted by Gasteiger charge is 2.16. The fourth-order valence-corrected chi connectivity index (χ4v) is 3.65. The fraction of sp³-hybridized carbons (Fsp3) is 0.100. The quantitative estimate of drug-likeness (QED) is 0.945. The topological polar surface area (TPSA) is 59.1 Å². The number of nitrogens with zero attached hydrogens (tertiary/aromatic N) is 1. The Labute approximate surface area is 108 Å². The summed E-state index contributed by atoms with van der Waals surface area (Å²) in [5.74, 6) is 0.212. The molecular weight excluding hydrogens is 280 g/mol. The molecule has 1 N–H and O–H groups in total. The van der Waals surface area contributed by atoms with E-state index in [1.165, 1.54) is 23.6 Å². The lowest BCUT2D eigenvalue weighted by Crippen LogP contribution is -2.12. The Balaban J connectivity index is 2.29. The number of thiophene rings is 1. The summed E-state index contributed by atoms with van der Waals surface area (Å²) >= 11 is 6.96. The van der Waals surface area contributed by atoms with Gasteiger partial charge in [0.2, 0.25) is 0 Å². The SMILES string of the molecule is Cc1ccc(S(=O)(=O)Nc2cc(Cl)ccn2)s1. The van der Waals surface area contributed by atoms with Gasteiger partial charge in [0.05, 0.1) is 0 Å². The molecule has 0 unspecified atom stereocenters. The summed E-state index contributed by atoms with van der Waals surface area (Å²) in [6, 6.07) is 6.35. The molecule has 0 atom stereocenters. The summed E-state index contributed by atoms with van der Waals surface area (Å²) in [4.78, 5) is 4.82. The van der Waals surface area contributed by atoms with Crippen LogP contribution in [0.2, 0.25) is 5.02 Å². The summed E-state index contributed by atoms with van der Waals surface area (Å²) in [6.07, 6.45) is 1.44. The van der Waals surface area contributed by atoms with Crippen LogP contribution in [0.5, 0.6) is 0 Å². The van der Waals surface area contributed by atoms with E-state index in [2.05, 4.69) is 9.71 Å². The van der Waals surface area contributed by atoms with Gasteiger partial charge in [-0.2, -0.15) is 0 Å². The average Bonchev–Trinajstić information content (AvgIpc) is 2.65. The van der Waals surface area contributed by atoms with Crippen molar-refractivity contribution in [3.63, 3.8) is 0 Å². The number of aryl methyl sites for hydroxylation is 1.